The number of sulfonamides is 1. The molecule has 0 spiro atoms. The molecule has 0 heterocycles. The standard InChI is InChI=1S/C21H26N2O5S/c1-23(29(25,26)18-10-7-16(27-2)8-11-18)14-21(24)22-20-6-4-5-15-13-17(28-3)9-12-19(15)20/h7-13,20H,4-6,14H2,1-3H3,(H,22,24). The third-order valence-electron chi connectivity index (χ3n) is 5.13. The van der Waals surface area contributed by atoms with E-state index in [4.69, 9.17) is 9.47 Å². The number of benzene rings is 2. The summed E-state index contributed by atoms with van der Waals surface area (Å²) < 4.78 is 36.8. The number of carbonyl (C=O) groups excluding carboxylic acids is 1. The molecule has 1 aliphatic carbocycles. The Labute approximate surface area is 171 Å². The van der Waals surface area contributed by atoms with Crippen LogP contribution in [0.4, 0.5) is 0 Å². The number of ether oxygens (including phenoxy) is 2. The Balaban J connectivity index is 1.67. The zero-order valence-corrected chi connectivity index (χ0v) is 17.7. The van der Waals surface area contributed by atoms with Crippen molar-refractivity contribution in [3.63, 3.8) is 0 Å². The molecule has 1 amide bonds. The number of fused-ring (bicyclic) bond motifs is 1. The van der Waals surface area contributed by atoms with Crippen LogP contribution in [0.15, 0.2) is 47.4 Å². The minimum Gasteiger partial charge on any atom is -0.497 e. The molecule has 0 radical (unpaired) electrons. The summed E-state index contributed by atoms with van der Waals surface area (Å²) in [6, 6.07) is 11.8. The molecule has 0 bridgehead atoms. The molecule has 0 aliphatic heterocycles. The van der Waals surface area contributed by atoms with Crippen molar-refractivity contribution >= 4 is 15.9 Å². The number of carbonyl (C=O) groups is 1. The molecular weight excluding hydrogens is 392 g/mol. The Bertz CT molecular complexity index is 973. The highest BCUT2D eigenvalue weighted by molar-refractivity contribution is 7.89. The lowest BCUT2D eigenvalue weighted by Gasteiger charge is -2.27. The van der Waals surface area contributed by atoms with Crippen LogP contribution >= 0.6 is 0 Å². The van der Waals surface area contributed by atoms with Crippen molar-refractivity contribution in [1.29, 1.82) is 0 Å². The zero-order valence-electron chi connectivity index (χ0n) is 16.8. The van der Waals surface area contributed by atoms with Crippen LogP contribution in [0.3, 0.4) is 0 Å². The second-order valence-electron chi connectivity index (χ2n) is 7.01. The molecule has 1 unspecified atom stereocenters. The van der Waals surface area contributed by atoms with Crippen LogP contribution in [-0.4, -0.2) is 46.4 Å². The average molecular weight is 419 g/mol. The average Bonchev–Trinajstić information content (AvgIpc) is 2.73. The number of aryl methyl sites for hydroxylation is 1. The van der Waals surface area contributed by atoms with Crippen molar-refractivity contribution in [2.24, 2.45) is 0 Å². The van der Waals surface area contributed by atoms with Gasteiger partial charge in [0.25, 0.3) is 0 Å². The molecule has 1 atom stereocenters. The second-order valence-corrected chi connectivity index (χ2v) is 9.06. The predicted octanol–water partition coefficient (Wildman–Crippen LogP) is 2.52. The fourth-order valence-corrected chi connectivity index (χ4v) is 4.65. The second kappa shape index (κ2) is 8.84. The first kappa shape index (κ1) is 21.1. The van der Waals surface area contributed by atoms with Crippen molar-refractivity contribution in [2.45, 2.75) is 30.2 Å². The van der Waals surface area contributed by atoms with Gasteiger partial charge in [-0.3, -0.25) is 4.79 Å². The van der Waals surface area contributed by atoms with Gasteiger partial charge in [-0.25, -0.2) is 8.42 Å². The van der Waals surface area contributed by atoms with Crippen LogP contribution in [0.2, 0.25) is 0 Å². The molecule has 3 rings (SSSR count). The van der Waals surface area contributed by atoms with E-state index in [0.717, 1.165) is 40.4 Å². The summed E-state index contributed by atoms with van der Waals surface area (Å²) in [5, 5.41) is 2.98. The normalized spacial score (nSPS) is 16.2. The third kappa shape index (κ3) is 4.71. The van der Waals surface area contributed by atoms with Gasteiger partial charge in [-0.15, -0.1) is 0 Å². The molecule has 8 heteroatoms. The van der Waals surface area contributed by atoms with E-state index in [1.165, 1.54) is 26.3 Å². The minimum absolute atomic E-state index is 0.115. The van der Waals surface area contributed by atoms with Gasteiger partial charge in [0.2, 0.25) is 15.9 Å². The fourth-order valence-electron chi connectivity index (χ4n) is 3.52. The number of methoxy groups -OCH3 is 2. The summed E-state index contributed by atoms with van der Waals surface area (Å²) in [5.41, 5.74) is 2.21. The van der Waals surface area contributed by atoms with Gasteiger partial charge in [-0.05, 0) is 66.8 Å². The SMILES string of the molecule is COc1ccc(S(=O)(=O)N(C)CC(=O)NC2CCCc3cc(OC)ccc32)cc1. The number of likely N-dealkylation sites (N-methyl/N-ethyl adjacent to an activating group) is 1. The van der Waals surface area contributed by atoms with Crippen molar-refractivity contribution < 1.29 is 22.7 Å². The number of nitrogens with zero attached hydrogens (tertiary/aromatic N) is 1. The van der Waals surface area contributed by atoms with Crippen LogP contribution < -0.4 is 14.8 Å². The van der Waals surface area contributed by atoms with E-state index in [1.54, 1.807) is 19.2 Å². The largest absolute Gasteiger partial charge is 0.497 e. The molecule has 7 nitrogen and oxygen atoms in total. The first-order chi connectivity index (χ1) is 13.8. The van der Waals surface area contributed by atoms with Gasteiger partial charge in [-0.2, -0.15) is 4.31 Å². The maximum Gasteiger partial charge on any atom is 0.243 e. The van der Waals surface area contributed by atoms with Crippen LogP contribution in [-0.2, 0) is 21.2 Å². The molecule has 1 aliphatic rings. The summed E-state index contributed by atoms with van der Waals surface area (Å²) in [6.45, 7) is -0.254. The maximum absolute atomic E-state index is 12.7. The topological polar surface area (TPSA) is 84.9 Å². The number of rotatable bonds is 7. The van der Waals surface area contributed by atoms with Gasteiger partial charge < -0.3 is 14.8 Å². The fraction of sp³-hybridized carbons (Fsp3) is 0.381. The Morgan fingerprint density at radius 2 is 1.76 bits per heavy atom. The highest BCUT2D eigenvalue weighted by atomic mass is 32.2. The van der Waals surface area contributed by atoms with Crippen LogP contribution in [0.5, 0.6) is 11.5 Å². The van der Waals surface area contributed by atoms with Gasteiger partial charge in [0.15, 0.2) is 0 Å². The van der Waals surface area contributed by atoms with E-state index in [-0.39, 0.29) is 23.4 Å². The summed E-state index contributed by atoms with van der Waals surface area (Å²) >= 11 is 0. The summed E-state index contributed by atoms with van der Waals surface area (Å²) in [7, 11) is 0.774. The predicted molar refractivity (Wildman–Crippen MR) is 110 cm³/mol. The van der Waals surface area contributed by atoms with Gasteiger partial charge in [0, 0.05) is 7.05 Å². The van der Waals surface area contributed by atoms with E-state index < -0.39 is 10.0 Å². The molecule has 29 heavy (non-hydrogen) atoms. The maximum atomic E-state index is 12.7. The molecule has 0 saturated carbocycles. The van der Waals surface area contributed by atoms with Crippen molar-refractivity contribution in [1.82, 2.24) is 9.62 Å². The van der Waals surface area contributed by atoms with E-state index in [9.17, 15) is 13.2 Å². The molecule has 0 aromatic heterocycles. The monoisotopic (exact) mass is 418 g/mol. The molecule has 0 saturated heterocycles. The van der Waals surface area contributed by atoms with Crippen LogP contribution in [0.1, 0.15) is 30.0 Å². The van der Waals surface area contributed by atoms with Gasteiger partial charge in [0.05, 0.1) is 31.7 Å². The van der Waals surface area contributed by atoms with Gasteiger partial charge >= 0.3 is 0 Å². The molecular formula is C21H26N2O5S. The van der Waals surface area contributed by atoms with Crippen LogP contribution in [0, 0.1) is 0 Å². The Morgan fingerprint density at radius 1 is 1.10 bits per heavy atom. The number of nitrogens with one attached hydrogen (secondary N) is 1. The van der Waals surface area contributed by atoms with E-state index in [2.05, 4.69) is 5.32 Å². The third-order valence-corrected chi connectivity index (χ3v) is 6.95. The van der Waals surface area contributed by atoms with E-state index >= 15 is 0 Å². The number of amides is 1. The first-order valence-electron chi connectivity index (χ1n) is 9.41. The Morgan fingerprint density at radius 3 is 2.41 bits per heavy atom. The highest BCUT2D eigenvalue weighted by Gasteiger charge is 2.26. The van der Waals surface area contributed by atoms with Crippen molar-refractivity contribution in [2.75, 3.05) is 27.8 Å². The van der Waals surface area contributed by atoms with Crippen LogP contribution in [0.25, 0.3) is 0 Å². The molecule has 2 aromatic carbocycles. The molecule has 2 aromatic rings. The van der Waals surface area contributed by atoms with Gasteiger partial charge in [0.1, 0.15) is 11.5 Å². The lowest BCUT2D eigenvalue weighted by molar-refractivity contribution is -0.122. The molecule has 156 valence electrons. The summed E-state index contributed by atoms with van der Waals surface area (Å²) in [4.78, 5) is 12.7. The lowest BCUT2D eigenvalue weighted by atomic mass is 9.87. The lowest BCUT2D eigenvalue weighted by Crippen LogP contribution is -2.40. The first-order valence-corrected chi connectivity index (χ1v) is 10.9. The van der Waals surface area contributed by atoms with Gasteiger partial charge in [-0.1, -0.05) is 6.07 Å². The quantitative estimate of drug-likeness (QED) is 0.747. The molecule has 1 N–H and O–H groups in total. The van der Waals surface area contributed by atoms with Crippen molar-refractivity contribution in [3.8, 4) is 11.5 Å². The minimum atomic E-state index is -3.77. The number of hydrogen-bond donors (Lipinski definition) is 1. The Kier molecular flexibility index (Phi) is 6.44. The smallest absolute Gasteiger partial charge is 0.243 e. The summed E-state index contributed by atoms with van der Waals surface area (Å²) in [6.07, 6.45) is 2.70. The molecule has 0 fully saturated rings. The van der Waals surface area contributed by atoms with E-state index in [1.807, 2.05) is 18.2 Å². The summed E-state index contributed by atoms with van der Waals surface area (Å²) in [5.74, 6) is 1.02. The zero-order chi connectivity index (χ0) is 21.0. The highest BCUT2D eigenvalue weighted by Crippen LogP contribution is 2.32. The van der Waals surface area contributed by atoms with Crippen molar-refractivity contribution in [3.05, 3.63) is 53.6 Å². The van der Waals surface area contributed by atoms with E-state index in [0.29, 0.717) is 5.75 Å². The Hall–Kier alpha value is -2.58. The number of hydrogen-bond acceptors (Lipinski definition) is 5.